The number of sulfonamides is 1. The summed E-state index contributed by atoms with van der Waals surface area (Å²) in [6, 6.07) is 1.62. The zero-order chi connectivity index (χ0) is 15.6. The Balaban J connectivity index is 3.16. The quantitative estimate of drug-likeness (QED) is 0.817. The van der Waals surface area contributed by atoms with Crippen LogP contribution >= 0.6 is 11.3 Å². The molecule has 1 heterocycles. The maximum Gasteiger partial charge on any atom is 0.326 e. The maximum atomic E-state index is 12.5. The zero-order valence-electron chi connectivity index (χ0n) is 12.4. The molecule has 0 aromatic carbocycles. The summed E-state index contributed by atoms with van der Waals surface area (Å²) in [5, 5.41) is 0. The molecule has 20 heavy (non-hydrogen) atoms. The highest BCUT2D eigenvalue weighted by molar-refractivity contribution is 7.89. The van der Waals surface area contributed by atoms with Crippen molar-refractivity contribution >= 4 is 27.3 Å². The molecule has 1 unspecified atom stereocenters. The van der Waals surface area contributed by atoms with Crippen molar-refractivity contribution < 1.29 is 17.9 Å². The number of hydrogen-bond acceptors (Lipinski definition) is 5. The molecule has 5 nitrogen and oxygen atoms in total. The lowest BCUT2D eigenvalue weighted by molar-refractivity contribution is -0.147. The SMILES string of the molecule is CCCC(C)(NS(=O)(=O)c1cc(C)sc1C)C(=O)OC. The highest BCUT2D eigenvalue weighted by Gasteiger charge is 2.38. The third kappa shape index (κ3) is 3.59. The Bertz CT molecular complexity index is 592. The molecule has 0 aliphatic heterocycles. The highest BCUT2D eigenvalue weighted by atomic mass is 32.2. The van der Waals surface area contributed by atoms with Crippen LogP contribution in [0.1, 0.15) is 36.4 Å². The molecule has 0 fully saturated rings. The normalized spacial score (nSPS) is 14.8. The number of carbonyl (C=O) groups is 1. The molecule has 0 bridgehead atoms. The van der Waals surface area contributed by atoms with Gasteiger partial charge in [0, 0.05) is 9.75 Å². The molecule has 0 spiro atoms. The van der Waals surface area contributed by atoms with E-state index in [1.165, 1.54) is 18.4 Å². The minimum absolute atomic E-state index is 0.228. The van der Waals surface area contributed by atoms with Gasteiger partial charge in [-0.1, -0.05) is 13.3 Å². The molecule has 0 saturated carbocycles. The predicted octanol–water partition coefficient (Wildman–Crippen LogP) is 2.38. The van der Waals surface area contributed by atoms with E-state index < -0.39 is 21.5 Å². The molecule has 0 amide bonds. The Morgan fingerprint density at radius 3 is 2.45 bits per heavy atom. The van der Waals surface area contributed by atoms with Gasteiger partial charge < -0.3 is 4.74 Å². The monoisotopic (exact) mass is 319 g/mol. The zero-order valence-corrected chi connectivity index (χ0v) is 14.1. The van der Waals surface area contributed by atoms with E-state index in [1.54, 1.807) is 19.9 Å². The van der Waals surface area contributed by atoms with Crippen molar-refractivity contribution in [1.29, 1.82) is 0 Å². The van der Waals surface area contributed by atoms with Gasteiger partial charge in [-0.15, -0.1) is 11.3 Å². The highest BCUT2D eigenvalue weighted by Crippen LogP contribution is 2.27. The second-order valence-corrected chi connectivity index (χ2v) is 8.07. The van der Waals surface area contributed by atoms with E-state index in [1.807, 2.05) is 13.8 Å². The van der Waals surface area contributed by atoms with Crippen molar-refractivity contribution in [3.63, 3.8) is 0 Å². The number of methoxy groups -OCH3 is 1. The smallest absolute Gasteiger partial charge is 0.326 e. The van der Waals surface area contributed by atoms with E-state index in [4.69, 9.17) is 4.74 Å². The number of rotatable bonds is 6. The molecule has 114 valence electrons. The van der Waals surface area contributed by atoms with Gasteiger partial charge in [0.05, 0.1) is 12.0 Å². The van der Waals surface area contributed by atoms with Crippen LogP contribution in [0.2, 0.25) is 0 Å². The average Bonchev–Trinajstić information content (AvgIpc) is 2.67. The second-order valence-electron chi connectivity index (χ2n) is 4.96. The van der Waals surface area contributed by atoms with Crippen LogP contribution in [0, 0.1) is 13.8 Å². The Labute approximate surface area is 124 Å². The Kier molecular flexibility index (Phi) is 5.34. The lowest BCUT2D eigenvalue weighted by atomic mass is 9.98. The van der Waals surface area contributed by atoms with Crippen LogP contribution < -0.4 is 4.72 Å². The first-order valence-electron chi connectivity index (χ1n) is 6.35. The predicted molar refractivity (Wildman–Crippen MR) is 79.4 cm³/mol. The van der Waals surface area contributed by atoms with Crippen molar-refractivity contribution in [2.24, 2.45) is 0 Å². The third-order valence-electron chi connectivity index (χ3n) is 3.03. The van der Waals surface area contributed by atoms with Crippen LogP contribution in [0.4, 0.5) is 0 Å². The van der Waals surface area contributed by atoms with E-state index in [9.17, 15) is 13.2 Å². The van der Waals surface area contributed by atoms with Gasteiger partial charge in [-0.25, -0.2) is 8.42 Å². The second kappa shape index (κ2) is 6.24. The summed E-state index contributed by atoms with van der Waals surface area (Å²) in [6.45, 7) is 7.04. The van der Waals surface area contributed by atoms with Crippen LogP contribution in [0.3, 0.4) is 0 Å². The van der Waals surface area contributed by atoms with Crippen LogP contribution in [0.15, 0.2) is 11.0 Å². The van der Waals surface area contributed by atoms with Crippen molar-refractivity contribution in [2.45, 2.75) is 51.0 Å². The number of nitrogens with one attached hydrogen (secondary N) is 1. The summed E-state index contributed by atoms with van der Waals surface area (Å²) in [5.41, 5.74) is -1.25. The minimum Gasteiger partial charge on any atom is -0.468 e. The third-order valence-corrected chi connectivity index (χ3v) is 5.85. The fraction of sp³-hybridized carbons (Fsp3) is 0.615. The number of hydrogen-bond donors (Lipinski definition) is 1. The number of ether oxygens (including phenoxy) is 1. The van der Waals surface area contributed by atoms with E-state index in [0.717, 1.165) is 4.88 Å². The molecule has 1 aromatic heterocycles. The average molecular weight is 319 g/mol. The number of aryl methyl sites for hydroxylation is 2. The van der Waals surface area contributed by atoms with Crippen LogP contribution in [-0.4, -0.2) is 27.0 Å². The Morgan fingerprint density at radius 2 is 2.05 bits per heavy atom. The van der Waals surface area contributed by atoms with E-state index in [2.05, 4.69) is 4.72 Å². The fourth-order valence-corrected chi connectivity index (χ4v) is 5.09. The van der Waals surface area contributed by atoms with Gasteiger partial charge in [-0.3, -0.25) is 4.79 Å². The van der Waals surface area contributed by atoms with E-state index in [-0.39, 0.29) is 4.90 Å². The number of thiophene rings is 1. The lowest BCUT2D eigenvalue weighted by Gasteiger charge is -2.27. The molecular weight excluding hydrogens is 298 g/mol. The number of carbonyl (C=O) groups excluding carboxylic acids is 1. The summed E-state index contributed by atoms with van der Waals surface area (Å²) in [7, 11) is -2.49. The summed E-state index contributed by atoms with van der Waals surface area (Å²) >= 11 is 1.41. The molecule has 7 heteroatoms. The van der Waals surface area contributed by atoms with Crippen molar-refractivity contribution in [1.82, 2.24) is 4.72 Å². The summed E-state index contributed by atoms with van der Waals surface area (Å²) in [5.74, 6) is -0.576. The number of esters is 1. The Morgan fingerprint density at radius 1 is 1.45 bits per heavy atom. The van der Waals surface area contributed by atoms with Crippen LogP contribution in [0.25, 0.3) is 0 Å². The van der Waals surface area contributed by atoms with E-state index >= 15 is 0 Å². The molecule has 0 saturated heterocycles. The topological polar surface area (TPSA) is 72.5 Å². The van der Waals surface area contributed by atoms with Crippen LogP contribution in [-0.2, 0) is 19.6 Å². The molecule has 0 aliphatic rings. The van der Waals surface area contributed by atoms with Gasteiger partial charge in [-0.05, 0) is 33.3 Å². The summed E-state index contributed by atoms with van der Waals surface area (Å²) < 4.78 is 32.1. The molecule has 1 aromatic rings. The molecule has 0 radical (unpaired) electrons. The molecular formula is C13H21NO4S2. The molecule has 1 atom stereocenters. The summed E-state index contributed by atoms with van der Waals surface area (Å²) in [6.07, 6.45) is 1.04. The maximum absolute atomic E-state index is 12.5. The van der Waals surface area contributed by atoms with Crippen molar-refractivity contribution in [3.05, 3.63) is 15.8 Å². The lowest BCUT2D eigenvalue weighted by Crippen LogP contribution is -2.52. The van der Waals surface area contributed by atoms with Gasteiger partial charge in [0.1, 0.15) is 5.54 Å². The van der Waals surface area contributed by atoms with Gasteiger partial charge >= 0.3 is 5.97 Å². The van der Waals surface area contributed by atoms with Crippen LogP contribution in [0.5, 0.6) is 0 Å². The first kappa shape index (κ1) is 17.1. The standard InChI is InChI=1S/C13H21NO4S2/c1-6-7-13(4,12(15)18-5)14-20(16,17)11-8-9(2)19-10(11)3/h8,14H,6-7H2,1-5H3. The van der Waals surface area contributed by atoms with Gasteiger partial charge in [0.25, 0.3) is 0 Å². The first-order chi connectivity index (χ1) is 9.16. The Hall–Kier alpha value is -0.920. The molecule has 1 N–H and O–H groups in total. The summed E-state index contributed by atoms with van der Waals surface area (Å²) in [4.78, 5) is 13.7. The van der Waals surface area contributed by atoms with Gasteiger partial charge in [0.15, 0.2) is 0 Å². The van der Waals surface area contributed by atoms with Gasteiger partial charge in [0.2, 0.25) is 10.0 Å². The van der Waals surface area contributed by atoms with E-state index in [0.29, 0.717) is 17.7 Å². The first-order valence-corrected chi connectivity index (χ1v) is 8.65. The molecule has 1 rings (SSSR count). The minimum atomic E-state index is -3.75. The van der Waals surface area contributed by atoms with Crippen molar-refractivity contribution in [2.75, 3.05) is 7.11 Å². The molecule has 0 aliphatic carbocycles. The van der Waals surface area contributed by atoms with Crippen molar-refractivity contribution in [3.8, 4) is 0 Å². The fourth-order valence-electron chi connectivity index (χ4n) is 2.15. The van der Waals surface area contributed by atoms with Gasteiger partial charge in [-0.2, -0.15) is 4.72 Å². The largest absolute Gasteiger partial charge is 0.468 e.